The standard InChI is InChI=1S/C16H19NO3/c1-2-3-8-14-9-5-10-17(14)15(18)12-6-4-7-13(11-12)16(19)20/h4-7,9,11,14H,2-3,8,10H2,1H3,(H,19,20). The number of carboxylic acid groups (broad SMARTS) is 1. The minimum Gasteiger partial charge on any atom is -0.478 e. The van der Waals surface area contributed by atoms with Gasteiger partial charge in [-0.3, -0.25) is 4.79 Å². The molecule has 1 aromatic carbocycles. The number of hydrogen-bond acceptors (Lipinski definition) is 2. The lowest BCUT2D eigenvalue weighted by Crippen LogP contribution is -2.36. The number of carbonyl (C=O) groups excluding carboxylic acids is 1. The summed E-state index contributed by atoms with van der Waals surface area (Å²) < 4.78 is 0. The Morgan fingerprint density at radius 2 is 2.10 bits per heavy atom. The Hall–Kier alpha value is -2.10. The second-order valence-corrected chi connectivity index (χ2v) is 4.98. The van der Waals surface area contributed by atoms with Gasteiger partial charge in [0.05, 0.1) is 11.6 Å². The highest BCUT2D eigenvalue weighted by molar-refractivity contribution is 5.98. The Labute approximate surface area is 118 Å². The predicted molar refractivity (Wildman–Crippen MR) is 76.9 cm³/mol. The van der Waals surface area contributed by atoms with Crippen LogP contribution in [0.5, 0.6) is 0 Å². The molecule has 106 valence electrons. The largest absolute Gasteiger partial charge is 0.478 e. The van der Waals surface area contributed by atoms with Gasteiger partial charge in [-0.1, -0.05) is 38.0 Å². The van der Waals surface area contributed by atoms with Crippen molar-refractivity contribution in [1.29, 1.82) is 0 Å². The Morgan fingerprint density at radius 3 is 2.80 bits per heavy atom. The predicted octanol–water partition coefficient (Wildman–Crippen LogP) is 2.96. The summed E-state index contributed by atoms with van der Waals surface area (Å²) in [5, 5.41) is 8.99. The monoisotopic (exact) mass is 273 g/mol. The molecule has 1 heterocycles. The molecule has 1 aromatic rings. The van der Waals surface area contributed by atoms with Crippen LogP contribution >= 0.6 is 0 Å². The molecule has 1 aliphatic heterocycles. The van der Waals surface area contributed by atoms with Crippen LogP contribution < -0.4 is 0 Å². The molecule has 0 saturated carbocycles. The zero-order chi connectivity index (χ0) is 14.5. The van der Waals surface area contributed by atoms with Gasteiger partial charge >= 0.3 is 5.97 Å². The Morgan fingerprint density at radius 1 is 1.35 bits per heavy atom. The topological polar surface area (TPSA) is 57.6 Å². The molecule has 0 aromatic heterocycles. The van der Waals surface area contributed by atoms with Gasteiger partial charge in [0, 0.05) is 12.1 Å². The SMILES string of the molecule is CCCCC1C=CCN1C(=O)c1cccc(C(=O)O)c1. The van der Waals surface area contributed by atoms with Crippen LogP contribution in [0.15, 0.2) is 36.4 Å². The lowest BCUT2D eigenvalue weighted by molar-refractivity contribution is 0.0697. The molecule has 1 N–H and O–H groups in total. The first kappa shape index (κ1) is 14.3. The molecule has 0 aliphatic carbocycles. The lowest BCUT2D eigenvalue weighted by atomic mass is 10.1. The summed E-state index contributed by atoms with van der Waals surface area (Å²) in [6.07, 6.45) is 7.19. The maximum Gasteiger partial charge on any atom is 0.335 e. The molecule has 2 rings (SSSR count). The number of unbranched alkanes of at least 4 members (excludes halogenated alkanes) is 1. The molecule has 20 heavy (non-hydrogen) atoms. The number of hydrogen-bond donors (Lipinski definition) is 1. The highest BCUT2D eigenvalue weighted by atomic mass is 16.4. The molecule has 0 saturated heterocycles. The molecule has 4 nitrogen and oxygen atoms in total. The maximum absolute atomic E-state index is 12.5. The number of amides is 1. The summed E-state index contributed by atoms with van der Waals surface area (Å²) in [5.41, 5.74) is 0.586. The number of carboxylic acids is 1. The lowest BCUT2D eigenvalue weighted by Gasteiger charge is -2.24. The van der Waals surface area contributed by atoms with Crippen LogP contribution in [0.2, 0.25) is 0 Å². The minimum absolute atomic E-state index is 0.0980. The Bertz CT molecular complexity index is 536. The van der Waals surface area contributed by atoms with Crippen LogP contribution in [0.25, 0.3) is 0 Å². The molecule has 0 bridgehead atoms. The van der Waals surface area contributed by atoms with Gasteiger partial charge in [-0.05, 0) is 24.6 Å². The van der Waals surface area contributed by atoms with E-state index in [9.17, 15) is 9.59 Å². The van der Waals surface area contributed by atoms with E-state index in [1.807, 2.05) is 6.08 Å². The number of carbonyl (C=O) groups is 2. The third kappa shape index (κ3) is 3.07. The molecular formula is C16H19NO3. The first-order valence-electron chi connectivity index (χ1n) is 6.94. The zero-order valence-electron chi connectivity index (χ0n) is 11.6. The van der Waals surface area contributed by atoms with Crippen LogP contribution in [-0.4, -0.2) is 34.5 Å². The van der Waals surface area contributed by atoms with E-state index in [0.29, 0.717) is 12.1 Å². The summed E-state index contributed by atoms with van der Waals surface area (Å²) >= 11 is 0. The van der Waals surface area contributed by atoms with E-state index >= 15 is 0 Å². The van der Waals surface area contributed by atoms with Crippen molar-refractivity contribution >= 4 is 11.9 Å². The fourth-order valence-electron chi connectivity index (χ4n) is 2.42. The molecule has 1 atom stereocenters. The van der Waals surface area contributed by atoms with Crippen molar-refractivity contribution < 1.29 is 14.7 Å². The van der Waals surface area contributed by atoms with Crippen molar-refractivity contribution in [2.75, 3.05) is 6.54 Å². The van der Waals surface area contributed by atoms with E-state index < -0.39 is 5.97 Å². The van der Waals surface area contributed by atoms with Crippen molar-refractivity contribution in [2.45, 2.75) is 32.2 Å². The zero-order valence-corrected chi connectivity index (χ0v) is 11.6. The minimum atomic E-state index is -1.01. The van der Waals surface area contributed by atoms with Gasteiger partial charge in [0.1, 0.15) is 0 Å². The fraction of sp³-hybridized carbons (Fsp3) is 0.375. The smallest absolute Gasteiger partial charge is 0.335 e. The summed E-state index contributed by atoms with van der Waals surface area (Å²) in [5.74, 6) is -1.11. The molecule has 0 fully saturated rings. The van der Waals surface area contributed by atoms with Gasteiger partial charge in [-0.15, -0.1) is 0 Å². The molecular weight excluding hydrogens is 254 g/mol. The van der Waals surface area contributed by atoms with Gasteiger partial charge < -0.3 is 10.0 Å². The van der Waals surface area contributed by atoms with E-state index in [-0.39, 0.29) is 17.5 Å². The summed E-state index contributed by atoms with van der Waals surface area (Å²) in [7, 11) is 0. The molecule has 1 unspecified atom stereocenters. The summed E-state index contributed by atoms with van der Waals surface area (Å²) in [6, 6.07) is 6.36. The van der Waals surface area contributed by atoms with Gasteiger partial charge in [-0.25, -0.2) is 4.79 Å². The van der Waals surface area contributed by atoms with Crippen LogP contribution in [0.1, 0.15) is 46.9 Å². The summed E-state index contributed by atoms with van der Waals surface area (Å²) in [4.78, 5) is 25.3. The van der Waals surface area contributed by atoms with E-state index in [1.165, 1.54) is 12.1 Å². The molecule has 1 aliphatic rings. The first-order valence-corrected chi connectivity index (χ1v) is 6.94. The van der Waals surface area contributed by atoms with Crippen molar-refractivity contribution in [3.63, 3.8) is 0 Å². The Balaban J connectivity index is 2.14. The van der Waals surface area contributed by atoms with Crippen molar-refractivity contribution in [3.8, 4) is 0 Å². The van der Waals surface area contributed by atoms with E-state index in [0.717, 1.165) is 19.3 Å². The Kier molecular flexibility index (Phi) is 4.56. The van der Waals surface area contributed by atoms with Crippen LogP contribution in [0.4, 0.5) is 0 Å². The normalized spacial score (nSPS) is 17.4. The maximum atomic E-state index is 12.5. The quantitative estimate of drug-likeness (QED) is 0.839. The van der Waals surface area contributed by atoms with E-state index in [1.54, 1.807) is 17.0 Å². The fourth-order valence-corrected chi connectivity index (χ4v) is 2.42. The van der Waals surface area contributed by atoms with Crippen molar-refractivity contribution in [1.82, 2.24) is 4.90 Å². The number of rotatable bonds is 5. The third-order valence-corrected chi connectivity index (χ3v) is 3.53. The average molecular weight is 273 g/mol. The molecule has 0 radical (unpaired) electrons. The van der Waals surface area contributed by atoms with Gasteiger partial charge in [0.25, 0.3) is 5.91 Å². The van der Waals surface area contributed by atoms with E-state index in [2.05, 4.69) is 13.0 Å². The number of nitrogens with zero attached hydrogens (tertiary/aromatic N) is 1. The highest BCUT2D eigenvalue weighted by Crippen LogP contribution is 2.19. The van der Waals surface area contributed by atoms with Gasteiger partial charge in [-0.2, -0.15) is 0 Å². The molecule has 0 spiro atoms. The number of benzene rings is 1. The third-order valence-electron chi connectivity index (χ3n) is 3.53. The van der Waals surface area contributed by atoms with Crippen LogP contribution in [0, 0.1) is 0 Å². The summed E-state index contributed by atoms with van der Waals surface area (Å²) in [6.45, 7) is 2.73. The number of aromatic carboxylic acids is 1. The molecule has 4 heteroatoms. The first-order chi connectivity index (χ1) is 9.63. The second kappa shape index (κ2) is 6.37. The van der Waals surface area contributed by atoms with Crippen LogP contribution in [-0.2, 0) is 0 Å². The van der Waals surface area contributed by atoms with Crippen molar-refractivity contribution in [2.24, 2.45) is 0 Å². The van der Waals surface area contributed by atoms with E-state index in [4.69, 9.17) is 5.11 Å². The van der Waals surface area contributed by atoms with Gasteiger partial charge in [0.2, 0.25) is 0 Å². The average Bonchev–Trinajstić information content (AvgIpc) is 2.92. The highest BCUT2D eigenvalue weighted by Gasteiger charge is 2.25. The van der Waals surface area contributed by atoms with Gasteiger partial charge in [0.15, 0.2) is 0 Å². The molecule has 1 amide bonds. The second-order valence-electron chi connectivity index (χ2n) is 4.98. The van der Waals surface area contributed by atoms with Crippen LogP contribution in [0.3, 0.4) is 0 Å². The van der Waals surface area contributed by atoms with Crippen molar-refractivity contribution in [3.05, 3.63) is 47.5 Å².